The summed E-state index contributed by atoms with van der Waals surface area (Å²) in [7, 11) is 0. The van der Waals surface area contributed by atoms with Crippen LogP contribution in [0.5, 0.6) is 11.5 Å². The average Bonchev–Trinajstić information content (AvgIpc) is 2.99. The van der Waals surface area contributed by atoms with Crippen molar-refractivity contribution in [1.29, 1.82) is 0 Å². The summed E-state index contributed by atoms with van der Waals surface area (Å²) in [5.74, 6) is -7.42. The van der Waals surface area contributed by atoms with E-state index in [1.54, 1.807) is 12.1 Å². The third-order valence-electron chi connectivity index (χ3n) is 7.96. The Labute approximate surface area is 243 Å². The van der Waals surface area contributed by atoms with Crippen LogP contribution in [0.4, 0.5) is 26.3 Å². The molecule has 0 heterocycles. The Morgan fingerprint density at radius 2 is 1.19 bits per heavy atom. The van der Waals surface area contributed by atoms with Gasteiger partial charge in [0, 0.05) is 5.56 Å². The summed E-state index contributed by atoms with van der Waals surface area (Å²) in [6.45, 7) is 3.55. The lowest BCUT2D eigenvalue weighted by atomic mass is 9.75. The van der Waals surface area contributed by atoms with E-state index < -0.39 is 47.3 Å². The van der Waals surface area contributed by atoms with Gasteiger partial charge >= 0.3 is 0 Å². The zero-order valence-corrected chi connectivity index (χ0v) is 23.9. The van der Waals surface area contributed by atoms with E-state index >= 15 is 4.39 Å². The molecule has 0 amide bonds. The number of allylic oxidation sites excluding steroid dienone is 2. The van der Waals surface area contributed by atoms with Crippen LogP contribution in [0.2, 0.25) is 0 Å². The van der Waals surface area contributed by atoms with Crippen molar-refractivity contribution < 1.29 is 35.8 Å². The SMILES string of the molecule is C/C=C/CCc1ccc(C2CCC(c3ccc(COc4ccc(OCCCC)c(F)c4F)c(F)c3F)CC2)c(F)c1F. The zero-order valence-electron chi connectivity index (χ0n) is 23.9. The molecule has 0 aliphatic heterocycles. The van der Waals surface area contributed by atoms with E-state index in [1.165, 1.54) is 24.3 Å². The lowest BCUT2D eigenvalue weighted by molar-refractivity contribution is 0.263. The highest BCUT2D eigenvalue weighted by Crippen LogP contribution is 2.43. The Kier molecular flexibility index (Phi) is 11.0. The third-order valence-corrected chi connectivity index (χ3v) is 7.96. The normalized spacial score (nSPS) is 17.1. The van der Waals surface area contributed by atoms with Crippen molar-refractivity contribution in [2.45, 2.75) is 83.7 Å². The van der Waals surface area contributed by atoms with Crippen LogP contribution in [-0.4, -0.2) is 6.61 Å². The summed E-state index contributed by atoms with van der Waals surface area (Å²) >= 11 is 0. The summed E-state index contributed by atoms with van der Waals surface area (Å²) in [5.41, 5.74) is 0.724. The van der Waals surface area contributed by atoms with Gasteiger partial charge in [0.1, 0.15) is 6.61 Å². The first-order valence-corrected chi connectivity index (χ1v) is 14.5. The summed E-state index contributed by atoms with van der Waals surface area (Å²) in [6.07, 6.45) is 8.31. The molecular formula is C34H36F6O2. The Hall–Kier alpha value is -3.42. The molecule has 1 fully saturated rings. The largest absolute Gasteiger partial charge is 0.490 e. The number of aryl methyl sites for hydroxylation is 1. The Morgan fingerprint density at radius 1 is 0.667 bits per heavy atom. The molecule has 2 nitrogen and oxygen atoms in total. The van der Waals surface area contributed by atoms with Crippen molar-refractivity contribution in [2.24, 2.45) is 0 Å². The molecule has 1 saturated carbocycles. The van der Waals surface area contributed by atoms with Crippen LogP contribution in [0.15, 0.2) is 48.6 Å². The van der Waals surface area contributed by atoms with Gasteiger partial charge < -0.3 is 9.47 Å². The van der Waals surface area contributed by atoms with E-state index in [0.29, 0.717) is 56.1 Å². The van der Waals surface area contributed by atoms with Crippen LogP contribution in [0, 0.1) is 34.9 Å². The second-order valence-electron chi connectivity index (χ2n) is 10.7. The zero-order chi connectivity index (χ0) is 30.2. The summed E-state index contributed by atoms with van der Waals surface area (Å²) in [5, 5.41) is 0. The minimum atomic E-state index is -1.27. The van der Waals surface area contributed by atoms with Gasteiger partial charge in [-0.1, -0.05) is 49.8 Å². The van der Waals surface area contributed by atoms with Gasteiger partial charge in [0.2, 0.25) is 11.6 Å². The smallest absolute Gasteiger partial charge is 0.204 e. The molecule has 226 valence electrons. The number of halogens is 6. The number of rotatable bonds is 12. The van der Waals surface area contributed by atoms with Crippen molar-refractivity contribution in [3.05, 3.63) is 106 Å². The molecule has 8 heteroatoms. The van der Waals surface area contributed by atoms with Gasteiger partial charge in [0.25, 0.3) is 0 Å². The van der Waals surface area contributed by atoms with Crippen molar-refractivity contribution in [3.63, 3.8) is 0 Å². The van der Waals surface area contributed by atoms with Crippen molar-refractivity contribution in [1.82, 2.24) is 0 Å². The maximum atomic E-state index is 15.1. The predicted octanol–water partition coefficient (Wildman–Crippen LogP) is 10.2. The molecule has 0 bridgehead atoms. The molecule has 3 aromatic carbocycles. The van der Waals surface area contributed by atoms with Crippen LogP contribution in [0.3, 0.4) is 0 Å². The van der Waals surface area contributed by atoms with Crippen molar-refractivity contribution >= 4 is 0 Å². The fourth-order valence-corrected chi connectivity index (χ4v) is 5.48. The predicted molar refractivity (Wildman–Crippen MR) is 151 cm³/mol. The quantitative estimate of drug-likeness (QED) is 0.119. The molecular weight excluding hydrogens is 554 g/mol. The summed E-state index contributed by atoms with van der Waals surface area (Å²) in [6, 6.07) is 8.55. The number of benzene rings is 3. The average molecular weight is 591 g/mol. The van der Waals surface area contributed by atoms with Crippen LogP contribution in [0.1, 0.15) is 92.9 Å². The molecule has 3 aromatic rings. The van der Waals surface area contributed by atoms with Crippen LogP contribution >= 0.6 is 0 Å². The molecule has 0 radical (unpaired) electrons. The van der Waals surface area contributed by atoms with Crippen LogP contribution in [-0.2, 0) is 13.0 Å². The van der Waals surface area contributed by atoms with Crippen molar-refractivity contribution in [2.75, 3.05) is 6.61 Å². The Morgan fingerprint density at radius 3 is 1.74 bits per heavy atom. The topological polar surface area (TPSA) is 18.5 Å². The first-order valence-electron chi connectivity index (χ1n) is 14.5. The monoisotopic (exact) mass is 590 g/mol. The molecule has 0 spiro atoms. The van der Waals surface area contributed by atoms with E-state index in [2.05, 4.69) is 0 Å². The molecule has 0 N–H and O–H groups in total. The van der Waals surface area contributed by atoms with Crippen LogP contribution in [0.25, 0.3) is 0 Å². The van der Waals surface area contributed by atoms with Gasteiger partial charge in [-0.25, -0.2) is 17.6 Å². The number of unbranched alkanes of at least 4 members (excludes halogenated alkanes) is 1. The number of ether oxygens (including phenoxy) is 2. The van der Waals surface area contributed by atoms with E-state index in [0.717, 1.165) is 6.42 Å². The molecule has 0 saturated heterocycles. The lowest BCUT2D eigenvalue weighted by Gasteiger charge is -2.30. The molecule has 1 aliphatic rings. The van der Waals surface area contributed by atoms with E-state index in [9.17, 15) is 22.0 Å². The minimum Gasteiger partial charge on any atom is -0.490 e. The highest BCUT2D eigenvalue weighted by molar-refractivity contribution is 5.36. The molecule has 1 aliphatic carbocycles. The fraction of sp³-hybridized carbons (Fsp3) is 0.412. The second-order valence-corrected chi connectivity index (χ2v) is 10.7. The highest BCUT2D eigenvalue weighted by Gasteiger charge is 2.29. The molecule has 0 aromatic heterocycles. The fourth-order valence-electron chi connectivity index (χ4n) is 5.48. The first-order chi connectivity index (χ1) is 20.3. The van der Waals surface area contributed by atoms with Crippen molar-refractivity contribution in [3.8, 4) is 11.5 Å². The second kappa shape index (κ2) is 14.7. The summed E-state index contributed by atoms with van der Waals surface area (Å²) < 4.78 is 98.9. The van der Waals surface area contributed by atoms with E-state index in [1.807, 2.05) is 26.0 Å². The number of hydrogen-bond donors (Lipinski definition) is 0. The van der Waals surface area contributed by atoms with Gasteiger partial charge in [-0.3, -0.25) is 0 Å². The maximum Gasteiger partial charge on any atom is 0.204 e. The molecule has 0 atom stereocenters. The Bertz CT molecular complexity index is 1400. The van der Waals surface area contributed by atoms with Gasteiger partial charge in [0.05, 0.1) is 6.61 Å². The highest BCUT2D eigenvalue weighted by atomic mass is 19.2. The van der Waals surface area contributed by atoms with Crippen LogP contribution < -0.4 is 9.47 Å². The first kappa shape index (κ1) is 31.5. The van der Waals surface area contributed by atoms with Gasteiger partial charge in [-0.15, -0.1) is 0 Å². The molecule has 4 rings (SSSR count). The van der Waals surface area contributed by atoms with Gasteiger partial charge in [0.15, 0.2) is 34.8 Å². The number of hydrogen-bond acceptors (Lipinski definition) is 2. The van der Waals surface area contributed by atoms with E-state index in [-0.39, 0.29) is 35.3 Å². The maximum absolute atomic E-state index is 15.1. The standard InChI is InChI=1S/C34H36F6O2/c1-3-5-7-8-23-13-15-25(31(37)29(23)35)21-9-11-22(12-10-21)26-16-14-24(30(36)32(26)38)20-42-28-18-17-27(33(39)34(28)40)41-19-6-4-2/h3,5,13-18,21-22H,4,6-12,19-20H2,1-2H3/b5-3+. The van der Waals surface area contributed by atoms with Gasteiger partial charge in [-0.05, 0) is 92.5 Å². The van der Waals surface area contributed by atoms with E-state index in [4.69, 9.17) is 9.47 Å². The summed E-state index contributed by atoms with van der Waals surface area (Å²) in [4.78, 5) is 0. The molecule has 42 heavy (non-hydrogen) atoms. The molecule has 0 unspecified atom stereocenters. The third kappa shape index (κ3) is 7.13. The lowest BCUT2D eigenvalue weighted by Crippen LogP contribution is -2.16. The minimum absolute atomic E-state index is 0.139. The van der Waals surface area contributed by atoms with Gasteiger partial charge in [-0.2, -0.15) is 8.78 Å². The Balaban J connectivity index is 1.38.